The summed E-state index contributed by atoms with van der Waals surface area (Å²) in [5.74, 6) is -1.64. The number of nitrogens with one attached hydrogen (secondary N) is 2. The highest BCUT2D eigenvalue weighted by Crippen LogP contribution is 2.25. The van der Waals surface area contributed by atoms with Gasteiger partial charge in [0.15, 0.2) is 0 Å². The molecule has 32 heavy (non-hydrogen) atoms. The van der Waals surface area contributed by atoms with E-state index < -0.39 is 23.8 Å². The highest BCUT2D eigenvalue weighted by atomic mass is 16.2. The third-order valence-corrected chi connectivity index (χ3v) is 5.61. The van der Waals surface area contributed by atoms with Crippen molar-refractivity contribution in [3.8, 4) is 0 Å². The highest BCUT2D eigenvalue weighted by Gasteiger charge is 2.40. The van der Waals surface area contributed by atoms with E-state index in [-0.39, 0.29) is 5.91 Å². The van der Waals surface area contributed by atoms with Crippen LogP contribution in [0.5, 0.6) is 0 Å². The zero-order chi connectivity index (χ0) is 23.3. The van der Waals surface area contributed by atoms with Gasteiger partial charge in [0.05, 0.1) is 11.1 Å². The molecule has 3 rings (SSSR count). The third-order valence-electron chi connectivity index (χ3n) is 5.61. The molecule has 0 radical (unpaired) electrons. The van der Waals surface area contributed by atoms with E-state index in [0.29, 0.717) is 28.9 Å². The molecule has 8 heteroatoms. The van der Waals surface area contributed by atoms with Gasteiger partial charge in [-0.1, -0.05) is 26.0 Å². The fraction of sp³-hybridized carbons (Fsp3) is 0.333. The largest absolute Gasteiger partial charge is 0.351 e. The maximum atomic E-state index is 12.7. The summed E-state index contributed by atoms with van der Waals surface area (Å²) in [4.78, 5) is 53.3. The molecule has 2 aromatic carbocycles. The number of carbonyl (C=O) groups excluding carboxylic acids is 4. The van der Waals surface area contributed by atoms with Crippen molar-refractivity contribution >= 4 is 29.3 Å². The molecule has 0 spiro atoms. The van der Waals surface area contributed by atoms with Gasteiger partial charge in [0, 0.05) is 24.3 Å². The second-order valence-electron chi connectivity index (χ2n) is 7.55. The average Bonchev–Trinajstić information content (AvgIpc) is 3.06. The Kier molecular flexibility index (Phi) is 7.37. The highest BCUT2D eigenvalue weighted by molar-refractivity contribution is 6.23. The standard InChI is InChI=1S/C24H28N4O4/c1-4-27(5-2)15-14-25-22(30)17-10-12-18(13-11-17)26-21(29)16(3)28-23(31)19-8-6-7-9-20(19)24(28)32/h6-13,16H,4-5,14-15H2,1-3H3,(H,25,30)(H,26,29). The Morgan fingerprint density at radius 2 is 1.50 bits per heavy atom. The van der Waals surface area contributed by atoms with Crippen LogP contribution in [-0.4, -0.2) is 65.6 Å². The summed E-state index contributed by atoms with van der Waals surface area (Å²) in [5.41, 5.74) is 1.55. The second-order valence-corrected chi connectivity index (χ2v) is 7.55. The third kappa shape index (κ3) is 4.86. The average molecular weight is 437 g/mol. The van der Waals surface area contributed by atoms with Crippen LogP contribution in [0.2, 0.25) is 0 Å². The molecule has 1 aliphatic heterocycles. The van der Waals surface area contributed by atoms with E-state index in [0.717, 1.165) is 24.5 Å². The second kappa shape index (κ2) is 10.2. The lowest BCUT2D eigenvalue weighted by atomic mass is 10.1. The molecular weight excluding hydrogens is 408 g/mol. The summed E-state index contributed by atoms with van der Waals surface area (Å²) in [5, 5.41) is 5.58. The first-order chi connectivity index (χ1) is 15.4. The Balaban J connectivity index is 1.57. The first-order valence-corrected chi connectivity index (χ1v) is 10.8. The van der Waals surface area contributed by atoms with Gasteiger partial charge in [-0.05, 0) is 56.4 Å². The molecule has 2 N–H and O–H groups in total. The number of hydrogen-bond donors (Lipinski definition) is 2. The molecule has 1 unspecified atom stereocenters. The van der Waals surface area contributed by atoms with E-state index in [1.54, 1.807) is 48.5 Å². The van der Waals surface area contributed by atoms with E-state index in [4.69, 9.17) is 0 Å². The van der Waals surface area contributed by atoms with Crippen molar-refractivity contribution in [3.05, 3.63) is 65.2 Å². The molecule has 1 aliphatic rings. The summed E-state index contributed by atoms with van der Waals surface area (Å²) >= 11 is 0. The van der Waals surface area contributed by atoms with Crippen LogP contribution in [0, 0.1) is 0 Å². The smallest absolute Gasteiger partial charge is 0.262 e. The molecule has 0 saturated carbocycles. The quantitative estimate of drug-likeness (QED) is 0.588. The number of imide groups is 1. The number of carbonyl (C=O) groups is 4. The number of rotatable bonds is 9. The van der Waals surface area contributed by atoms with E-state index >= 15 is 0 Å². The minimum atomic E-state index is -0.981. The van der Waals surface area contributed by atoms with E-state index in [9.17, 15) is 19.2 Å². The van der Waals surface area contributed by atoms with E-state index in [1.807, 2.05) is 0 Å². The van der Waals surface area contributed by atoms with E-state index in [1.165, 1.54) is 6.92 Å². The summed E-state index contributed by atoms with van der Waals surface area (Å²) in [6, 6.07) is 12.0. The van der Waals surface area contributed by atoms with Gasteiger partial charge in [-0.2, -0.15) is 0 Å². The monoisotopic (exact) mass is 436 g/mol. The number of amides is 4. The zero-order valence-corrected chi connectivity index (χ0v) is 18.6. The molecule has 0 saturated heterocycles. The van der Waals surface area contributed by atoms with Gasteiger partial charge in [0.1, 0.15) is 6.04 Å². The summed E-state index contributed by atoms with van der Waals surface area (Å²) in [7, 11) is 0. The van der Waals surface area contributed by atoms with Crippen LogP contribution in [0.25, 0.3) is 0 Å². The molecule has 0 fully saturated rings. The fourth-order valence-corrected chi connectivity index (χ4v) is 3.60. The Morgan fingerprint density at radius 1 is 0.938 bits per heavy atom. The number of nitrogens with zero attached hydrogens (tertiary/aromatic N) is 2. The predicted octanol–water partition coefficient (Wildman–Crippen LogP) is 2.38. The molecule has 0 aromatic heterocycles. The van der Waals surface area contributed by atoms with Crippen LogP contribution < -0.4 is 10.6 Å². The molecule has 1 atom stereocenters. The predicted molar refractivity (Wildman–Crippen MR) is 122 cm³/mol. The number of hydrogen-bond acceptors (Lipinski definition) is 5. The number of likely N-dealkylation sites (N-methyl/N-ethyl adjacent to an activating group) is 1. The van der Waals surface area contributed by atoms with Gasteiger partial charge >= 0.3 is 0 Å². The molecule has 2 aromatic rings. The van der Waals surface area contributed by atoms with Crippen LogP contribution in [-0.2, 0) is 4.79 Å². The molecule has 0 bridgehead atoms. The van der Waals surface area contributed by atoms with Crippen LogP contribution in [0.1, 0.15) is 51.8 Å². The van der Waals surface area contributed by atoms with Gasteiger partial charge in [-0.15, -0.1) is 0 Å². The maximum Gasteiger partial charge on any atom is 0.262 e. The van der Waals surface area contributed by atoms with Crippen molar-refractivity contribution in [1.82, 2.24) is 15.1 Å². The SMILES string of the molecule is CCN(CC)CCNC(=O)c1ccc(NC(=O)C(C)N2C(=O)c3ccccc3C2=O)cc1. The molecule has 168 valence electrons. The van der Waals surface area contributed by atoms with E-state index in [2.05, 4.69) is 29.4 Å². The molecule has 4 amide bonds. The first-order valence-electron chi connectivity index (χ1n) is 10.8. The fourth-order valence-electron chi connectivity index (χ4n) is 3.60. The summed E-state index contributed by atoms with van der Waals surface area (Å²) < 4.78 is 0. The van der Waals surface area contributed by atoms with Crippen LogP contribution in [0.15, 0.2) is 48.5 Å². The van der Waals surface area contributed by atoms with Gasteiger partial charge in [-0.3, -0.25) is 24.1 Å². The van der Waals surface area contributed by atoms with Crippen LogP contribution >= 0.6 is 0 Å². The Hall–Kier alpha value is -3.52. The summed E-state index contributed by atoms with van der Waals surface area (Å²) in [6.45, 7) is 8.86. The van der Waals surface area contributed by atoms with Gasteiger partial charge in [0.2, 0.25) is 5.91 Å². The Labute approximate surface area is 187 Å². The van der Waals surface area contributed by atoms with Crippen molar-refractivity contribution in [1.29, 1.82) is 0 Å². The Bertz CT molecular complexity index is 980. The van der Waals surface area contributed by atoms with Gasteiger partial charge < -0.3 is 15.5 Å². The number of fused-ring (bicyclic) bond motifs is 1. The zero-order valence-electron chi connectivity index (χ0n) is 18.6. The summed E-state index contributed by atoms with van der Waals surface area (Å²) in [6.07, 6.45) is 0. The van der Waals surface area contributed by atoms with Gasteiger partial charge in [-0.25, -0.2) is 0 Å². The van der Waals surface area contributed by atoms with Gasteiger partial charge in [0.25, 0.3) is 17.7 Å². The van der Waals surface area contributed by atoms with Crippen molar-refractivity contribution in [2.45, 2.75) is 26.8 Å². The lowest BCUT2D eigenvalue weighted by Gasteiger charge is -2.21. The van der Waals surface area contributed by atoms with Crippen molar-refractivity contribution < 1.29 is 19.2 Å². The lowest BCUT2D eigenvalue weighted by Crippen LogP contribution is -2.45. The molecular formula is C24H28N4O4. The molecule has 8 nitrogen and oxygen atoms in total. The minimum absolute atomic E-state index is 0.186. The van der Waals surface area contributed by atoms with Crippen LogP contribution in [0.3, 0.4) is 0 Å². The number of benzene rings is 2. The first kappa shape index (κ1) is 23.1. The van der Waals surface area contributed by atoms with Crippen molar-refractivity contribution in [2.24, 2.45) is 0 Å². The minimum Gasteiger partial charge on any atom is -0.351 e. The maximum absolute atomic E-state index is 12.7. The molecule has 0 aliphatic carbocycles. The number of anilines is 1. The van der Waals surface area contributed by atoms with Crippen molar-refractivity contribution in [2.75, 3.05) is 31.5 Å². The van der Waals surface area contributed by atoms with Crippen LogP contribution in [0.4, 0.5) is 5.69 Å². The molecule has 1 heterocycles. The lowest BCUT2D eigenvalue weighted by molar-refractivity contribution is -0.119. The topological polar surface area (TPSA) is 98.8 Å². The normalized spacial score (nSPS) is 13.8. The Morgan fingerprint density at radius 3 is 2.03 bits per heavy atom. The van der Waals surface area contributed by atoms with Crippen molar-refractivity contribution in [3.63, 3.8) is 0 Å².